The van der Waals surface area contributed by atoms with E-state index in [1.54, 1.807) is 13.2 Å². The summed E-state index contributed by atoms with van der Waals surface area (Å²) in [4.78, 5) is 0. The summed E-state index contributed by atoms with van der Waals surface area (Å²) in [6.45, 7) is 8.29. The Bertz CT molecular complexity index is 417. The molecule has 0 aliphatic carbocycles. The van der Waals surface area contributed by atoms with E-state index < -0.39 is 0 Å². The molecule has 0 fully saturated rings. The average molecular weight is 265 g/mol. The van der Waals surface area contributed by atoms with E-state index in [1.165, 1.54) is 0 Å². The van der Waals surface area contributed by atoms with E-state index in [2.05, 4.69) is 11.4 Å². The van der Waals surface area contributed by atoms with Crippen LogP contribution in [-0.2, 0) is 4.74 Å². The smallest absolute Gasteiger partial charge is 0.131 e. The van der Waals surface area contributed by atoms with Gasteiger partial charge in [0.25, 0.3) is 0 Å². The van der Waals surface area contributed by atoms with Crippen LogP contribution < -0.4 is 5.32 Å². The van der Waals surface area contributed by atoms with E-state index in [-0.39, 0.29) is 5.82 Å². The van der Waals surface area contributed by atoms with Crippen LogP contribution >= 0.6 is 0 Å². The molecule has 3 heteroatoms. The molecule has 106 valence electrons. The third kappa shape index (κ3) is 5.13. The molecule has 0 unspecified atom stereocenters. The van der Waals surface area contributed by atoms with E-state index in [4.69, 9.17) is 4.74 Å². The summed E-state index contributed by atoms with van der Waals surface area (Å²) in [6.07, 6.45) is 2.98. The van der Waals surface area contributed by atoms with Gasteiger partial charge >= 0.3 is 0 Å². The molecule has 1 rings (SSSR count). The zero-order valence-electron chi connectivity index (χ0n) is 12.3. The predicted molar refractivity (Wildman–Crippen MR) is 78.9 cm³/mol. The second-order valence-corrected chi connectivity index (χ2v) is 4.86. The number of methoxy groups -OCH3 is 1. The van der Waals surface area contributed by atoms with E-state index in [1.807, 2.05) is 26.8 Å². The first-order chi connectivity index (χ1) is 9.06. The minimum Gasteiger partial charge on any atom is -0.383 e. The van der Waals surface area contributed by atoms with E-state index in [9.17, 15) is 4.39 Å². The number of halogens is 1. The molecule has 1 N–H and O–H groups in total. The maximum atomic E-state index is 14.0. The molecule has 19 heavy (non-hydrogen) atoms. The lowest BCUT2D eigenvalue weighted by Crippen LogP contribution is -2.19. The molecule has 0 aromatic heterocycles. The zero-order chi connectivity index (χ0) is 14.3. The first-order valence-corrected chi connectivity index (χ1v) is 6.69. The molecule has 0 atom stereocenters. The highest BCUT2D eigenvalue weighted by atomic mass is 19.1. The van der Waals surface area contributed by atoms with Crippen molar-refractivity contribution in [2.24, 2.45) is 0 Å². The van der Waals surface area contributed by atoms with Gasteiger partial charge in [-0.2, -0.15) is 0 Å². The number of hydrogen-bond acceptors (Lipinski definition) is 2. The number of nitrogens with one attached hydrogen (secondary N) is 1. The third-order valence-corrected chi connectivity index (χ3v) is 3.08. The lowest BCUT2D eigenvalue weighted by Gasteiger charge is -2.10. The topological polar surface area (TPSA) is 21.3 Å². The van der Waals surface area contributed by atoms with Crippen LogP contribution in [0.25, 0.3) is 5.57 Å². The fourth-order valence-electron chi connectivity index (χ4n) is 2.21. The Hall–Kier alpha value is -1.19. The van der Waals surface area contributed by atoms with Crippen molar-refractivity contribution in [3.8, 4) is 0 Å². The number of aryl methyl sites for hydroxylation is 2. The monoisotopic (exact) mass is 265 g/mol. The molecule has 0 saturated heterocycles. The molecule has 0 amide bonds. The predicted octanol–water partition coefficient (Wildman–Crippen LogP) is 3.47. The van der Waals surface area contributed by atoms with Crippen molar-refractivity contribution in [2.75, 3.05) is 26.8 Å². The van der Waals surface area contributed by atoms with Gasteiger partial charge in [-0.05, 0) is 56.5 Å². The standard InChI is InChI=1S/C16H24FNO/c1-12-10-14(3)16(15(17)11-12)13(2)6-5-7-18-8-9-19-4/h6,10-11,18H,5,7-9H2,1-4H3/b13-6-. The highest BCUT2D eigenvalue weighted by Crippen LogP contribution is 2.23. The lowest BCUT2D eigenvalue weighted by molar-refractivity contribution is 0.199. The summed E-state index contributed by atoms with van der Waals surface area (Å²) >= 11 is 0. The molecule has 0 saturated carbocycles. The molecule has 1 aromatic carbocycles. The fraction of sp³-hybridized carbons (Fsp3) is 0.500. The van der Waals surface area contributed by atoms with Gasteiger partial charge in [0.2, 0.25) is 0 Å². The van der Waals surface area contributed by atoms with Crippen LogP contribution in [0.1, 0.15) is 30.0 Å². The number of hydrogen-bond donors (Lipinski definition) is 1. The van der Waals surface area contributed by atoms with Gasteiger partial charge in [-0.1, -0.05) is 12.1 Å². The number of benzene rings is 1. The van der Waals surface area contributed by atoms with E-state index in [0.29, 0.717) is 6.61 Å². The molecule has 0 aliphatic rings. The van der Waals surface area contributed by atoms with Crippen LogP contribution in [-0.4, -0.2) is 26.8 Å². The van der Waals surface area contributed by atoms with Gasteiger partial charge in [-0.15, -0.1) is 0 Å². The molecule has 0 bridgehead atoms. The van der Waals surface area contributed by atoms with Crippen molar-refractivity contribution in [1.29, 1.82) is 0 Å². The summed E-state index contributed by atoms with van der Waals surface area (Å²) in [5, 5.41) is 3.27. The molecular weight excluding hydrogens is 241 g/mol. The Morgan fingerprint density at radius 3 is 2.68 bits per heavy atom. The van der Waals surface area contributed by atoms with Gasteiger partial charge in [0.1, 0.15) is 5.82 Å². The van der Waals surface area contributed by atoms with E-state index in [0.717, 1.165) is 41.8 Å². The Morgan fingerprint density at radius 2 is 2.05 bits per heavy atom. The molecule has 0 radical (unpaired) electrons. The Morgan fingerprint density at radius 1 is 1.32 bits per heavy atom. The number of allylic oxidation sites excluding steroid dienone is 1. The van der Waals surface area contributed by atoms with Crippen LogP contribution in [0.3, 0.4) is 0 Å². The van der Waals surface area contributed by atoms with Crippen LogP contribution in [0.5, 0.6) is 0 Å². The van der Waals surface area contributed by atoms with Gasteiger partial charge in [0.05, 0.1) is 6.61 Å². The lowest BCUT2D eigenvalue weighted by atomic mass is 9.98. The molecule has 0 spiro atoms. The highest BCUT2D eigenvalue weighted by Gasteiger charge is 2.08. The largest absolute Gasteiger partial charge is 0.383 e. The summed E-state index contributed by atoms with van der Waals surface area (Å²) in [5.74, 6) is -0.126. The minimum absolute atomic E-state index is 0.126. The normalized spacial score (nSPS) is 11.9. The van der Waals surface area contributed by atoms with Crippen molar-refractivity contribution in [1.82, 2.24) is 5.32 Å². The van der Waals surface area contributed by atoms with Crippen molar-refractivity contribution >= 4 is 5.57 Å². The van der Waals surface area contributed by atoms with Gasteiger partial charge in [0, 0.05) is 19.2 Å². The second kappa shape index (κ2) is 8.08. The first kappa shape index (κ1) is 15.9. The first-order valence-electron chi connectivity index (χ1n) is 6.69. The van der Waals surface area contributed by atoms with Gasteiger partial charge in [0.15, 0.2) is 0 Å². The summed E-state index contributed by atoms with van der Waals surface area (Å²) in [5.41, 5.74) is 3.71. The van der Waals surface area contributed by atoms with Crippen molar-refractivity contribution in [3.63, 3.8) is 0 Å². The molecule has 0 heterocycles. The van der Waals surface area contributed by atoms with Gasteiger partial charge in [-0.3, -0.25) is 0 Å². The number of rotatable bonds is 7. The molecule has 1 aromatic rings. The van der Waals surface area contributed by atoms with Crippen LogP contribution in [0.4, 0.5) is 4.39 Å². The second-order valence-electron chi connectivity index (χ2n) is 4.86. The molecular formula is C16H24FNO. The highest BCUT2D eigenvalue weighted by molar-refractivity contribution is 5.67. The summed E-state index contributed by atoms with van der Waals surface area (Å²) in [7, 11) is 1.69. The van der Waals surface area contributed by atoms with Crippen molar-refractivity contribution < 1.29 is 9.13 Å². The maximum Gasteiger partial charge on any atom is 0.131 e. The van der Waals surface area contributed by atoms with Crippen molar-refractivity contribution in [2.45, 2.75) is 27.2 Å². The Labute approximate surface area is 115 Å². The zero-order valence-corrected chi connectivity index (χ0v) is 12.3. The quantitative estimate of drug-likeness (QED) is 0.762. The van der Waals surface area contributed by atoms with Gasteiger partial charge in [-0.25, -0.2) is 4.39 Å². The summed E-state index contributed by atoms with van der Waals surface area (Å²) in [6, 6.07) is 3.61. The average Bonchev–Trinajstić information content (AvgIpc) is 2.32. The Kier molecular flexibility index (Phi) is 6.74. The SMILES string of the molecule is COCCNCC/C=C(/C)c1c(C)cc(C)cc1F. The van der Waals surface area contributed by atoms with E-state index >= 15 is 0 Å². The summed E-state index contributed by atoms with van der Waals surface area (Å²) < 4.78 is 18.9. The van der Waals surface area contributed by atoms with Crippen molar-refractivity contribution in [3.05, 3.63) is 40.7 Å². The molecule has 2 nitrogen and oxygen atoms in total. The van der Waals surface area contributed by atoms with Crippen LogP contribution in [0.2, 0.25) is 0 Å². The fourth-order valence-corrected chi connectivity index (χ4v) is 2.21. The number of ether oxygens (including phenoxy) is 1. The minimum atomic E-state index is -0.126. The van der Waals surface area contributed by atoms with Gasteiger partial charge < -0.3 is 10.1 Å². The van der Waals surface area contributed by atoms with Crippen LogP contribution in [0.15, 0.2) is 18.2 Å². The molecule has 0 aliphatic heterocycles. The maximum absolute atomic E-state index is 14.0. The van der Waals surface area contributed by atoms with Crippen LogP contribution in [0, 0.1) is 19.7 Å². The third-order valence-electron chi connectivity index (χ3n) is 3.08. The Balaban J connectivity index is 2.60.